The number of carbonyl (C=O) groups is 1. The summed E-state index contributed by atoms with van der Waals surface area (Å²) in [6.07, 6.45) is -1.96. The Morgan fingerprint density at radius 3 is 2.46 bits per heavy atom. The smallest absolute Gasteiger partial charge is 0.416 e. The second kappa shape index (κ2) is 11.0. The van der Waals surface area contributed by atoms with E-state index in [1.807, 2.05) is 30.9 Å². The van der Waals surface area contributed by atoms with Crippen molar-refractivity contribution in [1.29, 1.82) is 0 Å². The van der Waals surface area contributed by atoms with Gasteiger partial charge in [0.1, 0.15) is 5.75 Å². The molecule has 0 saturated carbocycles. The Kier molecular flexibility index (Phi) is 7.56. The van der Waals surface area contributed by atoms with Crippen LogP contribution in [0.15, 0.2) is 58.4 Å². The van der Waals surface area contributed by atoms with Gasteiger partial charge < -0.3 is 24.4 Å². The lowest BCUT2D eigenvalue weighted by Crippen LogP contribution is -2.61. The molecule has 1 fully saturated rings. The molecule has 0 aliphatic carbocycles. The lowest BCUT2D eigenvalue weighted by molar-refractivity contribution is -0.137. The van der Waals surface area contributed by atoms with E-state index in [9.17, 15) is 23.1 Å². The number of aromatic nitrogens is 1. The first-order chi connectivity index (χ1) is 19.5. The van der Waals surface area contributed by atoms with Gasteiger partial charge in [0.25, 0.3) is 0 Å². The fraction of sp³-hybridized carbons (Fsp3) is 0.321. The molecule has 1 N–H and O–H groups in total. The van der Waals surface area contributed by atoms with Crippen molar-refractivity contribution < 1.29 is 32.5 Å². The van der Waals surface area contributed by atoms with Crippen molar-refractivity contribution in [2.75, 3.05) is 37.1 Å². The third-order valence-corrected chi connectivity index (χ3v) is 7.74. The summed E-state index contributed by atoms with van der Waals surface area (Å²) in [4.78, 5) is 26.7. The molecule has 0 spiro atoms. The molecule has 13 heteroatoms. The molecule has 0 amide bonds. The van der Waals surface area contributed by atoms with Gasteiger partial charge in [-0.05, 0) is 38.1 Å². The van der Waals surface area contributed by atoms with Gasteiger partial charge in [-0.2, -0.15) is 13.2 Å². The van der Waals surface area contributed by atoms with E-state index in [2.05, 4.69) is 9.88 Å². The number of nitrogens with zero attached hydrogens (tertiary/aromatic N) is 5. The lowest BCUT2D eigenvalue weighted by atomic mass is 10.0. The molecule has 5 rings (SSSR count). The summed E-state index contributed by atoms with van der Waals surface area (Å²) in [5, 5.41) is 13.3. The van der Waals surface area contributed by atoms with Crippen molar-refractivity contribution in [3.05, 3.63) is 64.5 Å². The monoisotopic (exact) mass is 587 g/mol. The molecule has 2 atom stereocenters. The molecule has 2 aliphatic heterocycles. The third kappa shape index (κ3) is 5.41. The number of fused-ring (bicyclic) bond motifs is 1. The maximum absolute atomic E-state index is 13.9. The minimum absolute atomic E-state index is 0.0343. The predicted molar refractivity (Wildman–Crippen MR) is 151 cm³/mol. The maximum Gasteiger partial charge on any atom is 0.416 e. The Hall–Kier alpha value is -4.26. The number of carboxylic acid groups (broad SMARTS) is 1. The van der Waals surface area contributed by atoms with Crippen LogP contribution in [0.3, 0.4) is 0 Å². The number of pyridine rings is 1. The predicted octanol–water partition coefficient (Wildman–Crippen LogP) is 5.71. The Bertz CT molecular complexity index is 1510. The van der Waals surface area contributed by atoms with E-state index < -0.39 is 17.7 Å². The van der Waals surface area contributed by atoms with Gasteiger partial charge in [0, 0.05) is 65.5 Å². The first-order valence-corrected chi connectivity index (χ1v) is 13.6. The van der Waals surface area contributed by atoms with E-state index in [4.69, 9.17) is 14.5 Å². The number of carboxylic acids is 1. The molecule has 1 aromatic carbocycles. The van der Waals surface area contributed by atoms with E-state index in [1.54, 1.807) is 24.1 Å². The van der Waals surface area contributed by atoms with Crippen LogP contribution in [0.5, 0.6) is 11.6 Å². The number of ether oxygens (including phenoxy) is 2. The van der Waals surface area contributed by atoms with Gasteiger partial charge in [-0.15, -0.1) is 11.3 Å². The van der Waals surface area contributed by atoms with E-state index in [-0.39, 0.29) is 29.2 Å². The highest BCUT2D eigenvalue weighted by Crippen LogP contribution is 2.45. The Labute approximate surface area is 238 Å². The van der Waals surface area contributed by atoms with Crippen LogP contribution in [0.1, 0.15) is 25.0 Å². The summed E-state index contributed by atoms with van der Waals surface area (Å²) < 4.78 is 52.3. The van der Waals surface area contributed by atoms with Crippen LogP contribution in [0.2, 0.25) is 0 Å². The van der Waals surface area contributed by atoms with Gasteiger partial charge in [-0.3, -0.25) is 4.90 Å². The molecule has 0 bridgehead atoms. The summed E-state index contributed by atoms with van der Waals surface area (Å²) in [6.45, 7) is 4.98. The van der Waals surface area contributed by atoms with Crippen molar-refractivity contribution in [2.45, 2.75) is 32.1 Å². The van der Waals surface area contributed by atoms with Crippen LogP contribution in [0.25, 0.3) is 5.70 Å². The second-order valence-electron chi connectivity index (χ2n) is 9.74. The largest absolute Gasteiger partial charge is 0.495 e. The summed E-state index contributed by atoms with van der Waals surface area (Å²) in [5.41, 5.74) is 1.30. The third-order valence-electron chi connectivity index (χ3n) is 7.01. The summed E-state index contributed by atoms with van der Waals surface area (Å²) in [5.74, 6) is -0.305. The van der Waals surface area contributed by atoms with Crippen molar-refractivity contribution >= 4 is 46.0 Å². The fourth-order valence-corrected chi connectivity index (χ4v) is 6.12. The standard InChI is InChI=1S/C28H28F3N5O4S/c1-16-12-34(13-17(2)35(16)19-7-8-32-25(10-19)40-4)27-33-21-15-41-14-20(21)22(11-26(37)38)36(27)23-9-18(28(29,30)31)5-6-24(23)39-3/h5-11,14-17H,12-13H2,1-4H3,(H,37,38)/b22-11+/t16-,17+. The van der Waals surface area contributed by atoms with E-state index in [0.717, 1.165) is 23.9 Å². The maximum atomic E-state index is 13.9. The van der Waals surface area contributed by atoms with Crippen LogP contribution >= 0.6 is 11.3 Å². The molecule has 0 unspecified atom stereocenters. The molecular formula is C28H28F3N5O4S. The Balaban J connectivity index is 1.63. The molecule has 4 heterocycles. The molecule has 3 aromatic rings. The van der Waals surface area contributed by atoms with Crippen LogP contribution in [0, 0.1) is 0 Å². The molecular weight excluding hydrogens is 559 g/mol. The average Bonchev–Trinajstić information content (AvgIpc) is 3.40. The topological polar surface area (TPSA) is 90.7 Å². The number of anilines is 2. The Morgan fingerprint density at radius 2 is 1.83 bits per heavy atom. The highest BCUT2D eigenvalue weighted by molar-refractivity contribution is 7.08. The SMILES string of the molecule is COc1cc(N2[C@H](C)CN(C3=Nc4cscc4/C(=C\C(=O)O)N3c3cc(C(F)(F)F)ccc3OC)C[C@@H]2C)ccn1. The zero-order valence-corrected chi connectivity index (χ0v) is 23.5. The minimum atomic E-state index is -4.63. The number of benzene rings is 1. The van der Waals surface area contributed by atoms with Gasteiger partial charge in [0.2, 0.25) is 11.8 Å². The normalized spacial score (nSPS) is 20.1. The van der Waals surface area contributed by atoms with Crippen LogP contribution in [0.4, 0.5) is 30.2 Å². The van der Waals surface area contributed by atoms with E-state index in [0.29, 0.717) is 36.2 Å². The number of hydrogen-bond donors (Lipinski definition) is 1. The highest BCUT2D eigenvalue weighted by Gasteiger charge is 2.39. The van der Waals surface area contributed by atoms with Gasteiger partial charge in [-0.25, -0.2) is 14.8 Å². The number of alkyl halides is 3. The van der Waals surface area contributed by atoms with E-state index in [1.165, 1.54) is 29.4 Å². The summed E-state index contributed by atoms with van der Waals surface area (Å²) >= 11 is 1.33. The van der Waals surface area contributed by atoms with Crippen molar-refractivity contribution in [3.8, 4) is 11.6 Å². The van der Waals surface area contributed by atoms with Crippen LogP contribution < -0.4 is 19.3 Å². The van der Waals surface area contributed by atoms with Gasteiger partial charge in [0.05, 0.1) is 36.9 Å². The summed E-state index contributed by atoms with van der Waals surface area (Å²) in [6, 6.07) is 6.76. The molecule has 216 valence electrons. The average molecular weight is 588 g/mol. The Morgan fingerprint density at radius 1 is 1.10 bits per heavy atom. The van der Waals surface area contributed by atoms with Gasteiger partial charge in [-0.1, -0.05) is 0 Å². The second-order valence-corrected chi connectivity index (χ2v) is 10.5. The van der Waals surface area contributed by atoms with E-state index >= 15 is 0 Å². The van der Waals surface area contributed by atoms with Gasteiger partial charge >= 0.3 is 12.1 Å². The molecule has 2 aliphatic rings. The number of aliphatic imine (C=N–C) groups is 1. The number of aliphatic carboxylic acids is 1. The van der Waals surface area contributed by atoms with Crippen molar-refractivity contribution in [3.63, 3.8) is 0 Å². The van der Waals surface area contributed by atoms with Crippen molar-refractivity contribution in [2.24, 2.45) is 4.99 Å². The molecule has 0 radical (unpaired) electrons. The minimum Gasteiger partial charge on any atom is -0.495 e. The number of methoxy groups -OCH3 is 2. The molecule has 2 aromatic heterocycles. The number of rotatable bonds is 5. The zero-order valence-electron chi connectivity index (χ0n) is 22.7. The van der Waals surface area contributed by atoms with Crippen molar-refractivity contribution in [1.82, 2.24) is 9.88 Å². The number of thiophene rings is 1. The molecule has 9 nitrogen and oxygen atoms in total. The first kappa shape index (κ1) is 28.3. The quantitative estimate of drug-likeness (QED) is 0.380. The number of hydrogen-bond acceptors (Lipinski definition) is 9. The highest BCUT2D eigenvalue weighted by atomic mass is 32.1. The number of halogens is 3. The molecule has 41 heavy (non-hydrogen) atoms. The fourth-order valence-electron chi connectivity index (χ4n) is 5.37. The number of guanidine groups is 1. The van der Waals surface area contributed by atoms with Gasteiger partial charge in [0.15, 0.2) is 0 Å². The molecule has 1 saturated heterocycles. The lowest BCUT2D eigenvalue weighted by Gasteiger charge is -2.49. The first-order valence-electron chi connectivity index (χ1n) is 12.7. The van der Waals surface area contributed by atoms with Crippen LogP contribution in [-0.4, -0.2) is 66.3 Å². The van der Waals surface area contributed by atoms with Crippen LogP contribution in [-0.2, 0) is 11.0 Å². The summed E-state index contributed by atoms with van der Waals surface area (Å²) in [7, 11) is 2.91. The number of piperazine rings is 1. The zero-order chi connectivity index (χ0) is 29.5.